The van der Waals surface area contributed by atoms with E-state index in [0.29, 0.717) is 23.0 Å². The highest BCUT2D eigenvalue weighted by atomic mass is 16.4. The second-order valence-corrected chi connectivity index (χ2v) is 6.29. The number of fused-ring (bicyclic) bond motifs is 1. The third-order valence-electron chi connectivity index (χ3n) is 4.69. The molecule has 0 fully saturated rings. The standard InChI is InChI=1S/C23H18O3/c24-22-18-13-7-8-14-21(18)26-23(25)20(22)15-19(16-9-3-1-4-10-16)17-11-5-2-6-12-17/h1-14,19,24H,15H2. The van der Waals surface area contributed by atoms with Crippen molar-refractivity contribution >= 4 is 11.0 Å². The van der Waals surface area contributed by atoms with Gasteiger partial charge >= 0.3 is 5.63 Å². The first-order valence-electron chi connectivity index (χ1n) is 8.57. The van der Waals surface area contributed by atoms with E-state index in [-0.39, 0.29) is 11.7 Å². The summed E-state index contributed by atoms with van der Waals surface area (Å²) >= 11 is 0. The van der Waals surface area contributed by atoms with Gasteiger partial charge in [-0.05, 0) is 29.7 Å². The number of hydrogen-bond donors (Lipinski definition) is 1. The van der Waals surface area contributed by atoms with Gasteiger partial charge in [0.2, 0.25) is 0 Å². The SMILES string of the molecule is O=c1oc2ccccc2c(O)c1CC(c1ccccc1)c1ccccc1. The van der Waals surface area contributed by atoms with Crippen molar-refractivity contribution in [2.45, 2.75) is 12.3 Å². The molecule has 1 N–H and O–H groups in total. The highest BCUT2D eigenvalue weighted by Gasteiger charge is 2.21. The summed E-state index contributed by atoms with van der Waals surface area (Å²) in [6.45, 7) is 0. The molecule has 0 aliphatic carbocycles. The van der Waals surface area contributed by atoms with Gasteiger partial charge in [0, 0.05) is 5.92 Å². The van der Waals surface area contributed by atoms with Gasteiger partial charge in [-0.3, -0.25) is 0 Å². The van der Waals surface area contributed by atoms with Gasteiger partial charge in [0.15, 0.2) is 0 Å². The molecule has 0 bridgehead atoms. The fraction of sp³-hybridized carbons (Fsp3) is 0.0870. The summed E-state index contributed by atoms with van der Waals surface area (Å²) in [5.41, 5.74) is 2.39. The van der Waals surface area contributed by atoms with Gasteiger partial charge in [-0.15, -0.1) is 0 Å². The second-order valence-electron chi connectivity index (χ2n) is 6.29. The number of aromatic hydroxyl groups is 1. The van der Waals surface area contributed by atoms with Crippen LogP contribution < -0.4 is 5.63 Å². The molecule has 0 atom stereocenters. The van der Waals surface area contributed by atoms with Crippen LogP contribution in [0.4, 0.5) is 0 Å². The van der Waals surface area contributed by atoms with Gasteiger partial charge in [0.05, 0.1) is 10.9 Å². The zero-order valence-corrected chi connectivity index (χ0v) is 14.1. The van der Waals surface area contributed by atoms with Crippen molar-refractivity contribution in [1.29, 1.82) is 0 Å². The maximum atomic E-state index is 12.5. The van der Waals surface area contributed by atoms with E-state index in [9.17, 15) is 9.90 Å². The van der Waals surface area contributed by atoms with E-state index in [0.717, 1.165) is 11.1 Å². The van der Waals surface area contributed by atoms with Gasteiger partial charge in [0.25, 0.3) is 0 Å². The molecule has 3 heteroatoms. The van der Waals surface area contributed by atoms with Crippen LogP contribution in [0.5, 0.6) is 5.75 Å². The zero-order chi connectivity index (χ0) is 17.9. The molecule has 0 amide bonds. The average Bonchev–Trinajstić information content (AvgIpc) is 2.69. The maximum Gasteiger partial charge on any atom is 0.343 e. The lowest BCUT2D eigenvalue weighted by Crippen LogP contribution is -2.14. The summed E-state index contributed by atoms with van der Waals surface area (Å²) in [4.78, 5) is 12.5. The van der Waals surface area contributed by atoms with Crippen LogP contribution in [0.25, 0.3) is 11.0 Å². The molecule has 4 rings (SSSR count). The monoisotopic (exact) mass is 342 g/mol. The van der Waals surface area contributed by atoms with Crippen molar-refractivity contribution in [3.8, 4) is 5.75 Å². The van der Waals surface area contributed by atoms with Crippen molar-refractivity contribution in [3.05, 3.63) is 112 Å². The Morgan fingerprint density at radius 2 is 1.31 bits per heavy atom. The van der Waals surface area contributed by atoms with Gasteiger partial charge in [0.1, 0.15) is 11.3 Å². The highest BCUT2D eigenvalue weighted by molar-refractivity contribution is 5.83. The van der Waals surface area contributed by atoms with Crippen LogP contribution >= 0.6 is 0 Å². The van der Waals surface area contributed by atoms with E-state index in [1.807, 2.05) is 66.7 Å². The van der Waals surface area contributed by atoms with Crippen LogP contribution in [-0.2, 0) is 6.42 Å². The summed E-state index contributed by atoms with van der Waals surface area (Å²) in [6, 6.07) is 27.1. The zero-order valence-electron chi connectivity index (χ0n) is 14.1. The molecule has 4 aromatic rings. The molecule has 0 saturated heterocycles. The first-order chi connectivity index (χ1) is 12.7. The third kappa shape index (κ3) is 3.00. The summed E-state index contributed by atoms with van der Waals surface area (Å²) in [6.07, 6.45) is 0.368. The first kappa shape index (κ1) is 16.2. The first-order valence-corrected chi connectivity index (χ1v) is 8.57. The minimum absolute atomic E-state index is 0.00807. The Balaban J connectivity index is 1.85. The molecule has 0 spiro atoms. The molecular formula is C23H18O3. The van der Waals surface area contributed by atoms with Crippen LogP contribution in [0, 0.1) is 0 Å². The molecule has 0 saturated carbocycles. The van der Waals surface area contributed by atoms with Crippen molar-refractivity contribution in [2.24, 2.45) is 0 Å². The van der Waals surface area contributed by atoms with Gasteiger partial charge in [-0.1, -0.05) is 72.8 Å². The van der Waals surface area contributed by atoms with Crippen LogP contribution in [0.2, 0.25) is 0 Å². The molecular weight excluding hydrogens is 324 g/mol. The average molecular weight is 342 g/mol. The molecule has 3 nitrogen and oxygen atoms in total. The smallest absolute Gasteiger partial charge is 0.343 e. The number of benzene rings is 3. The van der Waals surface area contributed by atoms with Crippen LogP contribution in [-0.4, -0.2) is 5.11 Å². The second kappa shape index (κ2) is 6.89. The number of rotatable bonds is 4. The van der Waals surface area contributed by atoms with Crippen LogP contribution in [0.3, 0.4) is 0 Å². The summed E-state index contributed by atoms with van der Waals surface area (Å²) < 4.78 is 5.43. The van der Waals surface area contributed by atoms with Crippen molar-refractivity contribution in [3.63, 3.8) is 0 Å². The van der Waals surface area contributed by atoms with E-state index in [1.54, 1.807) is 18.2 Å². The van der Waals surface area contributed by atoms with Crippen LogP contribution in [0.15, 0.2) is 94.1 Å². The van der Waals surface area contributed by atoms with E-state index in [1.165, 1.54) is 0 Å². The molecule has 26 heavy (non-hydrogen) atoms. The Kier molecular flexibility index (Phi) is 4.28. The van der Waals surface area contributed by atoms with Crippen molar-refractivity contribution in [2.75, 3.05) is 0 Å². The van der Waals surface area contributed by atoms with Gasteiger partial charge < -0.3 is 9.52 Å². The molecule has 128 valence electrons. The molecule has 0 aliphatic rings. The highest BCUT2D eigenvalue weighted by Crippen LogP contribution is 2.33. The normalized spacial score (nSPS) is 11.1. The Morgan fingerprint density at radius 1 is 0.769 bits per heavy atom. The van der Waals surface area contributed by atoms with E-state index < -0.39 is 5.63 Å². The number of para-hydroxylation sites is 1. The Bertz CT molecular complexity index is 1040. The fourth-order valence-electron chi connectivity index (χ4n) is 3.35. The summed E-state index contributed by atoms with van der Waals surface area (Å²) in [7, 11) is 0. The van der Waals surface area contributed by atoms with Crippen LogP contribution in [0.1, 0.15) is 22.6 Å². The maximum absolute atomic E-state index is 12.5. The minimum Gasteiger partial charge on any atom is -0.507 e. The molecule has 0 radical (unpaired) electrons. The molecule has 3 aromatic carbocycles. The third-order valence-corrected chi connectivity index (χ3v) is 4.69. The quantitative estimate of drug-likeness (QED) is 0.538. The molecule has 0 unspecified atom stereocenters. The van der Waals surface area contributed by atoms with E-state index >= 15 is 0 Å². The van der Waals surface area contributed by atoms with Crippen molar-refractivity contribution < 1.29 is 9.52 Å². The molecule has 0 aliphatic heterocycles. The largest absolute Gasteiger partial charge is 0.507 e. The summed E-state index contributed by atoms with van der Waals surface area (Å²) in [5, 5.41) is 11.3. The van der Waals surface area contributed by atoms with Gasteiger partial charge in [-0.2, -0.15) is 0 Å². The van der Waals surface area contributed by atoms with E-state index in [2.05, 4.69) is 0 Å². The molecule has 1 aromatic heterocycles. The molecule has 1 heterocycles. The Hall–Kier alpha value is -3.33. The minimum atomic E-state index is -0.488. The predicted molar refractivity (Wildman–Crippen MR) is 103 cm³/mol. The Morgan fingerprint density at radius 3 is 1.92 bits per heavy atom. The lowest BCUT2D eigenvalue weighted by atomic mass is 9.86. The summed E-state index contributed by atoms with van der Waals surface area (Å²) in [5.74, 6) is -0.0407. The Labute approximate surface area is 151 Å². The topological polar surface area (TPSA) is 50.4 Å². The lowest BCUT2D eigenvalue weighted by molar-refractivity contribution is 0.454. The van der Waals surface area contributed by atoms with Gasteiger partial charge in [-0.25, -0.2) is 4.79 Å². The fourth-order valence-corrected chi connectivity index (χ4v) is 3.35. The van der Waals surface area contributed by atoms with Crippen molar-refractivity contribution in [1.82, 2.24) is 0 Å². The lowest BCUT2D eigenvalue weighted by Gasteiger charge is -2.18. The van der Waals surface area contributed by atoms with E-state index in [4.69, 9.17) is 4.42 Å². The number of hydrogen-bond acceptors (Lipinski definition) is 3. The predicted octanol–water partition coefficient (Wildman–Crippen LogP) is 4.87.